The number of halogens is 1. The molecule has 0 bridgehead atoms. The third kappa shape index (κ3) is 8.91. The maximum absolute atomic E-state index is 11.7. The molecule has 0 aliphatic carbocycles. The van der Waals surface area contributed by atoms with Gasteiger partial charge in [0.15, 0.2) is 5.96 Å². The Morgan fingerprint density at radius 1 is 1.07 bits per heavy atom. The molecule has 0 aliphatic rings. The number of hydrogen-bond donors (Lipinski definition) is 2. The van der Waals surface area contributed by atoms with Crippen LogP contribution in [0.3, 0.4) is 0 Å². The number of hydrogen-bond acceptors (Lipinski definition) is 2. The van der Waals surface area contributed by atoms with Gasteiger partial charge < -0.3 is 15.2 Å². The Morgan fingerprint density at radius 2 is 1.82 bits per heavy atom. The van der Waals surface area contributed by atoms with Gasteiger partial charge in [0, 0.05) is 38.4 Å². The number of benzene rings is 1. The minimum absolute atomic E-state index is 0. The van der Waals surface area contributed by atoms with Gasteiger partial charge in [0.2, 0.25) is 5.56 Å². The van der Waals surface area contributed by atoms with Gasteiger partial charge in [-0.2, -0.15) is 0 Å². The number of aryl methyl sites for hydroxylation is 3. The van der Waals surface area contributed by atoms with Crippen molar-refractivity contribution in [3.63, 3.8) is 0 Å². The summed E-state index contributed by atoms with van der Waals surface area (Å²) in [4.78, 5) is 16.3. The Kier molecular flexibility index (Phi) is 11.6. The molecular formula is C22H33IN4O. The van der Waals surface area contributed by atoms with Gasteiger partial charge in [0.05, 0.1) is 0 Å². The molecule has 0 spiro atoms. The molecule has 0 atom stereocenters. The average Bonchev–Trinajstić information content (AvgIpc) is 2.62. The predicted molar refractivity (Wildman–Crippen MR) is 129 cm³/mol. The largest absolute Gasteiger partial charge is 0.357 e. The summed E-state index contributed by atoms with van der Waals surface area (Å²) in [6.45, 7) is 9.54. The zero-order valence-corrected chi connectivity index (χ0v) is 19.5. The average molecular weight is 496 g/mol. The first-order valence-corrected chi connectivity index (χ1v) is 9.83. The van der Waals surface area contributed by atoms with Crippen LogP contribution in [-0.2, 0) is 13.0 Å². The maximum atomic E-state index is 11.7. The highest BCUT2D eigenvalue weighted by Gasteiger charge is 2.00. The first-order chi connectivity index (χ1) is 13.1. The Hall–Kier alpha value is -1.83. The van der Waals surface area contributed by atoms with Gasteiger partial charge in [-0.15, -0.1) is 24.0 Å². The Balaban J connectivity index is 0.00000392. The van der Waals surface area contributed by atoms with Crippen molar-refractivity contribution in [3.8, 4) is 0 Å². The van der Waals surface area contributed by atoms with Gasteiger partial charge >= 0.3 is 0 Å². The van der Waals surface area contributed by atoms with E-state index in [1.54, 1.807) is 16.7 Å². The summed E-state index contributed by atoms with van der Waals surface area (Å²) >= 11 is 0. The van der Waals surface area contributed by atoms with Crippen molar-refractivity contribution in [2.75, 3.05) is 19.6 Å². The van der Waals surface area contributed by atoms with E-state index >= 15 is 0 Å². The van der Waals surface area contributed by atoms with Gasteiger partial charge in [-0.3, -0.25) is 9.79 Å². The molecule has 2 N–H and O–H groups in total. The number of nitrogens with zero attached hydrogens (tertiary/aromatic N) is 2. The van der Waals surface area contributed by atoms with Crippen LogP contribution in [0, 0.1) is 13.8 Å². The van der Waals surface area contributed by atoms with Crippen LogP contribution in [0.2, 0.25) is 0 Å². The van der Waals surface area contributed by atoms with Gasteiger partial charge in [0.25, 0.3) is 0 Å². The third-order valence-electron chi connectivity index (χ3n) is 4.31. The highest BCUT2D eigenvalue weighted by Crippen LogP contribution is 2.08. The van der Waals surface area contributed by atoms with Crippen LogP contribution in [0.5, 0.6) is 0 Å². The molecule has 0 aliphatic heterocycles. The molecule has 0 saturated carbocycles. The number of pyridine rings is 1. The number of aromatic nitrogens is 1. The number of unbranched alkanes of at least 4 members (excludes halogenated alkanes) is 1. The molecule has 1 aromatic carbocycles. The third-order valence-corrected chi connectivity index (χ3v) is 4.31. The van der Waals surface area contributed by atoms with E-state index in [-0.39, 0.29) is 29.5 Å². The number of rotatable bonds is 9. The highest BCUT2D eigenvalue weighted by atomic mass is 127. The van der Waals surface area contributed by atoms with Crippen LogP contribution in [-0.4, -0.2) is 30.2 Å². The van der Waals surface area contributed by atoms with Gasteiger partial charge in [-0.1, -0.05) is 35.4 Å². The molecule has 0 fully saturated rings. The Morgan fingerprint density at radius 3 is 2.50 bits per heavy atom. The number of aliphatic imine (C=N–C) groups is 1. The lowest BCUT2D eigenvalue weighted by molar-refractivity contribution is 0.597. The first-order valence-electron chi connectivity index (χ1n) is 9.83. The van der Waals surface area contributed by atoms with E-state index in [0.29, 0.717) is 0 Å². The van der Waals surface area contributed by atoms with Crippen LogP contribution >= 0.6 is 24.0 Å². The minimum atomic E-state index is 0. The highest BCUT2D eigenvalue weighted by molar-refractivity contribution is 14.0. The summed E-state index contributed by atoms with van der Waals surface area (Å²) < 4.78 is 1.75. The van der Waals surface area contributed by atoms with Crippen molar-refractivity contribution >= 4 is 29.9 Å². The predicted octanol–water partition coefficient (Wildman–Crippen LogP) is 3.66. The lowest BCUT2D eigenvalue weighted by Gasteiger charge is -2.12. The zero-order valence-electron chi connectivity index (χ0n) is 17.2. The standard InChI is InChI=1S/C22H32N4O.HI/c1-4-23-22(25-12-10-20-16-18(2)15-19(3)17-20)24-11-6-8-14-26-13-7-5-9-21(26)27;/h5,7,9,13,15-17H,4,6,8,10-12,14H2,1-3H3,(H2,23,24,25);1H. The summed E-state index contributed by atoms with van der Waals surface area (Å²) in [5, 5.41) is 6.70. The molecule has 1 heterocycles. The molecule has 28 heavy (non-hydrogen) atoms. The van der Waals surface area contributed by atoms with Crippen LogP contribution in [0.1, 0.15) is 36.5 Å². The molecule has 0 saturated heterocycles. The monoisotopic (exact) mass is 496 g/mol. The fourth-order valence-electron chi connectivity index (χ4n) is 3.11. The molecule has 0 radical (unpaired) electrons. The van der Waals surface area contributed by atoms with E-state index in [1.807, 2.05) is 12.3 Å². The summed E-state index contributed by atoms with van der Waals surface area (Å²) in [5.74, 6) is 0.860. The molecule has 1 aromatic heterocycles. The summed E-state index contributed by atoms with van der Waals surface area (Å²) in [5.41, 5.74) is 4.03. The summed E-state index contributed by atoms with van der Waals surface area (Å²) in [7, 11) is 0. The van der Waals surface area contributed by atoms with Gasteiger partial charge in [-0.05, 0) is 51.7 Å². The van der Waals surface area contributed by atoms with Gasteiger partial charge in [0.1, 0.15) is 0 Å². The normalized spacial score (nSPS) is 11.0. The van der Waals surface area contributed by atoms with E-state index in [4.69, 9.17) is 0 Å². The van der Waals surface area contributed by atoms with Crippen molar-refractivity contribution < 1.29 is 0 Å². The Labute approximate surface area is 185 Å². The number of nitrogens with one attached hydrogen (secondary N) is 2. The SMILES string of the molecule is CCNC(=NCCCCn1ccccc1=O)NCCc1cc(C)cc(C)c1.I. The van der Waals surface area contributed by atoms with E-state index in [0.717, 1.165) is 51.4 Å². The molecule has 5 nitrogen and oxygen atoms in total. The fraction of sp³-hybridized carbons (Fsp3) is 0.455. The molecule has 0 amide bonds. The molecule has 6 heteroatoms. The lowest BCUT2D eigenvalue weighted by atomic mass is 10.1. The van der Waals surface area contributed by atoms with Crippen LogP contribution in [0.15, 0.2) is 52.4 Å². The first kappa shape index (κ1) is 24.2. The summed E-state index contributed by atoms with van der Waals surface area (Å²) in [6, 6.07) is 11.9. The smallest absolute Gasteiger partial charge is 0.250 e. The molecule has 154 valence electrons. The van der Waals surface area contributed by atoms with Gasteiger partial charge in [-0.25, -0.2) is 0 Å². The lowest BCUT2D eigenvalue weighted by Crippen LogP contribution is -2.38. The van der Waals surface area contributed by atoms with E-state index in [2.05, 4.69) is 54.6 Å². The fourth-order valence-corrected chi connectivity index (χ4v) is 3.11. The van der Waals surface area contributed by atoms with Crippen LogP contribution in [0.4, 0.5) is 0 Å². The van der Waals surface area contributed by atoms with Crippen molar-refractivity contribution in [1.82, 2.24) is 15.2 Å². The van der Waals surface area contributed by atoms with Crippen LogP contribution in [0.25, 0.3) is 0 Å². The summed E-state index contributed by atoms with van der Waals surface area (Å²) in [6.07, 6.45) is 4.71. The number of guanidine groups is 1. The van der Waals surface area contributed by atoms with E-state index < -0.39 is 0 Å². The molecule has 2 aromatic rings. The van der Waals surface area contributed by atoms with Crippen molar-refractivity contribution in [2.45, 2.75) is 46.6 Å². The second-order valence-corrected chi connectivity index (χ2v) is 6.87. The van der Waals surface area contributed by atoms with Crippen molar-refractivity contribution in [1.29, 1.82) is 0 Å². The quantitative estimate of drug-likeness (QED) is 0.241. The second kappa shape index (κ2) is 13.4. The topological polar surface area (TPSA) is 58.4 Å². The van der Waals surface area contributed by atoms with Crippen molar-refractivity contribution in [3.05, 3.63) is 69.6 Å². The van der Waals surface area contributed by atoms with E-state index in [9.17, 15) is 4.79 Å². The van der Waals surface area contributed by atoms with E-state index in [1.165, 1.54) is 16.7 Å². The Bertz CT molecular complexity index is 781. The minimum Gasteiger partial charge on any atom is -0.357 e. The molecule has 0 unspecified atom stereocenters. The maximum Gasteiger partial charge on any atom is 0.250 e. The second-order valence-electron chi connectivity index (χ2n) is 6.87. The zero-order chi connectivity index (χ0) is 19.5. The van der Waals surface area contributed by atoms with Crippen LogP contribution < -0.4 is 16.2 Å². The van der Waals surface area contributed by atoms with Crippen molar-refractivity contribution in [2.24, 2.45) is 4.99 Å². The molecular weight excluding hydrogens is 463 g/mol. The molecule has 2 rings (SSSR count).